The summed E-state index contributed by atoms with van der Waals surface area (Å²) in [6.07, 6.45) is -1.16. The maximum atomic E-state index is 16.3. The van der Waals surface area contributed by atoms with Gasteiger partial charge in [0.2, 0.25) is 0 Å². The van der Waals surface area contributed by atoms with Crippen molar-refractivity contribution in [2.45, 2.75) is 56.7 Å². The van der Waals surface area contributed by atoms with Gasteiger partial charge in [0.25, 0.3) is 0 Å². The predicted molar refractivity (Wildman–Crippen MR) is 118 cm³/mol. The quantitative estimate of drug-likeness (QED) is 0.539. The first-order valence-corrected chi connectivity index (χ1v) is 11.9. The second kappa shape index (κ2) is 6.68. The third kappa shape index (κ3) is 2.93. The normalized spacial score (nSPS) is 26.3. The number of aromatic nitrogens is 4. The average Bonchev–Trinajstić information content (AvgIpc) is 3.71. The number of hydrogen-bond donors (Lipinski definition) is 2. The number of rotatable bonds is 4. The van der Waals surface area contributed by atoms with Gasteiger partial charge in [-0.2, -0.15) is 18.3 Å². The van der Waals surface area contributed by atoms with Crippen LogP contribution in [0.25, 0.3) is 22.2 Å². The molecule has 3 aromatic heterocycles. The van der Waals surface area contributed by atoms with Gasteiger partial charge in [0.15, 0.2) is 5.82 Å². The number of nitrogen functional groups attached to an aromatic ring is 1. The number of alkyl halides is 3. The Morgan fingerprint density at radius 2 is 1.76 bits per heavy atom. The maximum absolute atomic E-state index is 16.3. The molecule has 0 bridgehead atoms. The first-order chi connectivity index (χ1) is 16.2. The van der Waals surface area contributed by atoms with Crippen LogP contribution in [0.1, 0.15) is 66.2 Å². The zero-order valence-corrected chi connectivity index (χ0v) is 18.6. The fourth-order valence-electron chi connectivity index (χ4n) is 5.96. The summed E-state index contributed by atoms with van der Waals surface area (Å²) in [5.41, 5.74) is 5.78. The van der Waals surface area contributed by atoms with Crippen LogP contribution < -0.4 is 11.1 Å². The Hall–Kier alpha value is -2.75. The number of piperidine rings is 1. The summed E-state index contributed by atoms with van der Waals surface area (Å²) in [6.45, 7) is 3.09. The first-order valence-electron chi connectivity index (χ1n) is 11.9. The van der Waals surface area contributed by atoms with E-state index in [0.29, 0.717) is 23.0 Å². The van der Waals surface area contributed by atoms with Crippen molar-refractivity contribution in [1.29, 1.82) is 0 Å². The average molecular weight is 472 g/mol. The number of anilines is 1. The second-order valence-corrected chi connectivity index (χ2v) is 10.3. The highest BCUT2D eigenvalue weighted by Gasteiger charge is 2.56. The molecule has 7 rings (SSSR count). The van der Waals surface area contributed by atoms with Crippen LogP contribution in [0.3, 0.4) is 0 Å². The maximum Gasteiger partial charge on any atom is 0.418 e. The number of nitrogens with one attached hydrogen (secondary N) is 1. The summed E-state index contributed by atoms with van der Waals surface area (Å²) in [5, 5.41) is 9.04. The molecule has 2 unspecified atom stereocenters. The zero-order valence-electron chi connectivity index (χ0n) is 18.6. The Morgan fingerprint density at radius 3 is 2.38 bits per heavy atom. The highest BCUT2D eigenvalue weighted by molar-refractivity contribution is 5.91. The molecule has 2 atom stereocenters. The molecule has 4 aliphatic rings. The topological polar surface area (TPSA) is 81.7 Å². The highest BCUT2D eigenvalue weighted by atomic mass is 19.4. The van der Waals surface area contributed by atoms with E-state index in [4.69, 9.17) is 10.8 Å². The number of nitrogens with two attached hydrogens (primary N) is 1. The second-order valence-electron chi connectivity index (χ2n) is 10.3. The highest BCUT2D eigenvalue weighted by Crippen LogP contribution is 2.59. The van der Waals surface area contributed by atoms with E-state index < -0.39 is 17.6 Å². The molecule has 3 saturated carbocycles. The van der Waals surface area contributed by atoms with Gasteiger partial charge in [-0.25, -0.2) is 14.4 Å². The minimum absolute atomic E-state index is 0.0797. The van der Waals surface area contributed by atoms with Gasteiger partial charge in [-0.3, -0.25) is 4.68 Å². The van der Waals surface area contributed by atoms with Gasteiger partial charge in [0.1, 0.15) is 17.0 Å². The fraction of sp³-hybridized carbons (Fsp3) is 0.542. The standard InChI is InChI=1S/C24H24F4N6/c1-9-18(24(26,27)28)12(6-15(29)31-9)21-19(25)23-17(20(32-21)10-2-3-10)22(33-34(23)11-4-5-11)16-13-7-30-8-14(13)16/h6,10-11,13-14,16,30H,2-5,7-8H2,1H3,(H2,29,31). The Kier molecular flexibility index (Phi) is 4.05. The molecule has 4 fully saturated rings. The van der Waals surface area contributed by atoms with Gasteiger partial charge in [-0.05, 0) is 63.6 Å². The first kappa shape index (κ1) is 20.6. The van der Waals surface area contributed by atoms with Crippen molar-refractivity contribution in [3.8, 4) is 11.3 Å². The van der Waals surface area contributed by atoms with Crippen LogP contribution in [0.2, 0.25) is 0 Å². The SMILES string of the molecule is Cc1nc(N)cc(-c2nc(C3CC3)c3c(C4C5CNCC54)nn(C4CC4)c3c2F)c1C(F)(F)F. The largest absolute Gasteiger partial charge is 0.418 e. The molecule has 0 amide bonds. The molecule has 4 heterocycles. The van der Waals surface area contributed by atoms with E-state index >= 15 is 4.39 Å². The number of aryl methyl sites for hydroxylation is 1. The molecule has 1 aliphatic heterocycles. The molecular formula is C24H24F4N6. The van der Waals surface area contributed by atoms with Gasteiger partial charge >= 0.3 is 6.18 Å². The third-order valence-electron chi connectivity index (χ3n) is 7.86. The molecule has 3 aliphatic carbocycles. The lowest BCUT2D eigenvalue weighted by atomic mass is 9.98. The lowest BCUT2D eigenvalue weighted by molar-refractivity contribution is -0.137. The summed E-state index contributed by atoms with van der Waals surface area (Å²) in [5.74, 6) is 0.510. The lowest BCUT2D eigenvalue weighted by Crippen LogP contribution is -2.14. The van der Waals surface area contributed by atoms with E-state index in [1.165, 1.54) is 6.92 Å². The minimum atomic E-state index is -4.72. The Balaban J connectivity index is 1.53. The molecule has 0 spiro atoms. The Morgan fingerprint density at radius 1 is 1.06 bits per heavy atom. The van der Waals surface area contributed by atoms with Gasteiger partial charge in [-0.15, -0.1) is 0 Å². The van der Waals surface area contributed by atoms with Gasteiger partial charge in [0, 0.05) is 22.8 Å². The zero-order chi connectivity index (χ0) is 23.5. The number of nitrogens with zero attached hydrogens (tertiary/aromatic N) is 4. The molecule has 0 radical (unpaired) electrons. The molecule has 0 aromatic carbocycles. The molecule has 1 saturated heterocycles. The van der Waals surface area contributed by atoms with Gasteiger partial charge in [-0.1, -0.05) is 0 Å². The van der Waals surface area contributed by atoms with Crippen molar-refractivity contribution in [3.63, 3.8) is 0 Å². The number of fused-ring (bicyclic) bond motifs is 2. The van der Waals surface area contributed by atoms with Crippen LogP contribution in [0.15, 0.2) is 6.07 Å². The van der Waals surface area contributed by atoms with Crippen molar-refractivity contribution in [2.24, 2.45) is 11.8 Å². The van der Waals surface area contributed by atoms with Crippen LogP contribution >= 0.6 is 0 Å². The van der Waals surface area contributed by atoms with Crippen LogP contribution in [-0.4, -0.2) is 32.8 Å². The van der Waals surface area contributed by atoms with Gasteiger partial charge in [0.05, 0.1) is 28.7 Å². The Labute approximate surface area is 192 Å². The van der Waals surface area contributed by atoms with Crippen molar-refractivity contribution >= 4 is 16.7 Å². The van der Waals surface area contributed by atoms with E-state index in [1.807, 2.05) is 0 Å². The predicted octanol–water partition coefficient (Wildman–Crippen LogP) is 4.69. The van der Waals surface area contributed by atoms with Crippen LogP contribution in [-0.2, 0) is 6.18 Å². The van der Waals surface area contributed by atoms with E-state index in [9.17, 15) is 13.2 Å². The summed E-state index contributed by atoms with van der Waals surface area (Å²) in [6, 6.07) is 1.18. The molecule has 3 N–H and O–H groups in total. The van der Waals surface area contributed by atoms with Gasteiger partial charge < -0.3 is 11.1 Å². The van der Waals surface area contributed by atoms with E-state index in [0.717, 1.165) is 55.9 Å². The van der Waals surface area contributed by atoms with Crippen LogP contribution in [0, 0.1) is 24.6 Å². The van der Waals surface area contributed by atoms with Crippen LogP contribution in [0.4, 0.5) is 23.4 Å². The van der Waals surface area contributed by atoms with Crippen molar-refractivity contribution in [1.82, 2.24) is 25.1 Å². The molecule has 34 heavy (non-hydrogen) atoms. The fourth-order valence-corrected chi connectivity index (χ4v) is 5.96. The monoisotopic (exact) mass is 472 g/mol. The number of hydrogen-bond acceptors (Lipinski definition) is 5. The van der Waals surface area contributed by atoms with Crippen molar-refractivity contribution < 1.29 is 17.6 Å². The lowest BCUT2D eigenvalue weighted by Gasteiger charge is -2.17. The minimum Gasteiger partial charge on any atom is -0.384 e. The summed E-state index contributed by atoms with van der Waals surface area (Å²) >= 11 is 0. The summed E-state index contributed by atoms with van der Waals surface area (Å²) in [7, 11) is 0. The molecule has 178 valence electrons. The molecule has 10 heteroatoms. The summed E-state index contributed by atoms with van der Waals surface area (Å²) in [4.78, 5) is 8.42. The number of pyridine rings is 2. The van der Waals surface area contributed by atoms with E-state index in [2.05, 4.69) is 15.3 Å². The van der Waals surface area contributed by atoms with E-state index in [1.54, 1.807) is 4.68 Å². The summed E-state index contributed by atoms with van der Waals surface area (Å²) < 4.78 is 60.2. The third-order valence-corrected chi connectivity index (χ3v) is 7.86. The van der Waals surface area contributed by atoms with Crippen molar-refractivity contribution in [3.05, 3.63) is 34.5 Å². The Bertz CT molecular complexity index is 1340. The molecular weight excluding hydrogens is 448 g/mol. The smallest absolute Gasteiger partial charge is 0.384 e. The number of halogens is 4. The molecule has 6 nitrogen and oxygen atoms in total. The van der Waals surface area contributed by atoms with E-state index in [-0.39, 0.29) is 40.6 Å². The van der Waals surface area contributed by atoms with Crippen molar-refractivity contribution in [2.75, 3.05) is 18.8 Å². The van der Waals surface area contributed by atoms with Crippen LogP contribution in [0.5, 0.6) is 0 Å². The molecule has 3 aromatic rings.